The van der Waals surface area contributed by atoms with E-state index in [1.54, 1.807) is 6.07 Å². The zero-order chi connectivity index (χ0) is 14.0. The fourth-order valence-electron chi connectivity index (χ4n) is 2.57. The molecule has 1 fully saturated rings. The van der Waals surface area contributed by atoms with Crippen LogP contribution in [-0.2, 0) is 0 Å². The van der Waals surface area contributed by atoms with E-state index in [1.165, 1.54) is 12.1 Å². The molecule has 20 heavy (non-hydrogen) atoms. The van der Waals surface area contributed by atoms with Crippen LogP contribution in [0.25, 0.3) is 0 Å². The van der Waals surface area contributed by atoms with Gasteiger partial charge in [-0.25, -0.2) is 4.39 Å². The van der Waals surface area contributed by atoms with Crippen LogP contribution in [0.2, 0.25) is 0 Å². The number of nitrogens with zero attached hydrogens (tertiary/aromatic N) is 1. The maximum Gasteiger partial charge on any atom is 0.255 e. The number of likely N-dealkylation sites (tertiary alicyclic amines) is 1. The first-order chi connectivity index (χ1) is 9.00. The predicted molar refractivity (Wildman–Crippen MR) is 88.7 cm³/mol. The number of nitrogens with two attached hydrogens (primary N) is 1. The minimum atomic E-state index is -0.316. The average Bonchev–Trinajstić information content (AvgIpc) is 2.38. The van der Waals surface area contributed by atoms with Gasteiger partial charge in [-0.1, -0.05) is 0 Å². The van der Waals surface area contributed by atoms with Crippen molar-refractivity contribution in [1.29, 1.82) is 0 Å². The van der Waals surface area contributed by atoms with E-state index in [0.29, 0.717) is 9.13 Å². The highest BCUT2D eigenvalue weighted by molar-refractivity contribution is 14.1. The molecule has 1 aliphatic heterocycles. The zero-order valence-electron chi connectivity index (χ0n) is 11.3. The number of piperidine rings is 1. The summed E-state index contributed by atoms with van der Waals surface area (Å²) in [6, 6.07) is 4.33. The van der Waals surface area contributed by atoms with Crippen LogP contribution < -0.4 is 5.73 Å². The lowest BCUT2D eigenvalue weighted by Crippen LogP contribution is -2.51. The Bertz CT molecular complexity index is 484. The number of carbonyl (C=O) groups excluding carboxylic acids is 1. The van der Waals surface area contributed by atoms with Gasteiger partial charge in [-0.3, -0.25) is 4.79 Å². The molecule has 1 aliphatic rings. The highest BCUT2D eigenvalue weighted by atomic mass is 127. The second-order valence-electron chi connectivity index (χ2n) is 5.04. The molecule has 0 bridgehead atoms. The van der Waals surface area contributed by atoms with Gasteiger partial charge in [0, 0.05) is 22.2 Å². The summed E-state index contributed by atoms with van der Waals surface area (Å²) in [5, 5.41) is 0. The van der Waals surface area contributed by atoms with E-state index < -0.39 is 0 Å². The molecule has 0 spiro atoms. The van der Waals surface area contributed by atoms with Crippen molar-refractivity contribution in [3.8, 4) is 0 Å². The van der Waals surface area contributed by atoms with Crippen LogP contribution in [0.1, 0.15) is 36.5 Å². The fraction of sp³-hybridized carbons (Fsp3) is 0.500. The van der Waals surface area contributed by atoms with Crippen molar-refractivity contribution in [2.24, 2.45) is 5.73 Å². The molecule has 112 valence electrons. The number of amides is 1. The Morgan fingerprint density at radius 1 is 1.50 bits per heavy atom. The Labute approximate surface area is 138 Å². The maximum absolute atomic E-state index is 13.1. The van der Waals surface area contributed by atoms with E-state index in [1.807, 2.05) is 34.4 Å². The molecule has 0 aromatic heterocycles. The van der Waals surface area contributed by atoms with E-state index in [4.69, 9.17) is 5.73 Å². The Morgan fingerprint density at radius 2 is 2.20 bits per heavy atom. The summed E-state index contributed by atoms with van der Waals surface area (Å²) in [6.45, 7) is 2.67. The number of benzene rings is 1. The molecular weight excluding hydrogens is 394 g/mol. The van der Waals surface area contributed by atoms with Crippen molar-refractivity contribution < 1.29 is 9.18 Å². The second-order valence-corrected chi connectivity index (χ2v) is 6.21. The fourth-order valence-corrected chi connectivity index (χ4v) is 3.28. The van der Waals surface area contributed by atoms with Crippen LogP contribution in [0, 0.1) is 9.39 Å². The van der Waals surface area contributed by atoms with Crippen molar-refractivity contribution in [3.05, 3.63) is 33.1 Å². The first kappa shape index (κ1) is 17.7. The van der Waals surface area contributed by atoms with Gasteiger partial charge in [0.1, 0.15) is 5.82 Å². The van der Waals surface area contributed by atoms with Crippen LogP contribution in [0.3, 0.4) is 0 Å². The Hall–Kier alpha value is -0.400. The van der Waals surface area contributed by atoms with Crippen molar-refractivity contribution in [2.75, 3.05) is 6.54 Å². The van der Waals surface area contributed by atoms with Crippen LogP contribution >= 0.6 is 35.0 Å². The summed E-state index contributed by atoms with van der Waals surface area (Å²) in [4.78, 5) is 14.4. The van der Waals surface area contributed by atoms with Crippen molar-refractivity contribution in [3.63, 3.8) is 0 Å². The summed E-state index contributed by atoms with van der Waals surface area (Å²) in [6.07, 6.45) is 3.06. The minimum absolute atomic E-state index is 0. The van der Waals surface area contributed by atoms with Crippen LogP contribution in [0.5, 0.6) is 0 Å². The Kier molecular flexibility index (Phi) is 6.68. The molecule has 1 amide bonds. The van der Waals surface area contributed by atoms with E-state index in [9.17, 15) is 9.18 Å². The third-order valence-corrected chi connectivity index (χ3v) is 4.47. The SMILES string of the molecule is CC(N)C1CCCCN1C(=O)c1ccc(F)cc1I.Cl. The van der Waals surface area contributed by atoms with Gasteiger partial charge in [0.2, 0.25) is 0 Å². The number of rotatable bonds is 2. The standard InChI is InChI=1S/C14H18FIN2O.ClH/c1-9(17)13-4-2-3-7-18(13)14(19)11-6-5-10(15)8-12(11)16;/h5-6,8-9,13H,2-4,7,17H2,1H3;1H. The quantitative estimate of drug-likeness (QED) is 0.758. The molecule has 1 aromatic carbocycles. The average molecular weight is 413 g/mol. The Morgan fingerprint density at radius 3 is 2.80 bits per heavy atom. The van der Waals surface area contributed by atoms with Crippen molar-refractivity contribution in [1.82, 2.24) is 4.90 Å². The van der Waals surface area contributed by atoms with Crippen molar-refractivity contribution >= 4 is 40.9 Å². The Balaban J connectivity index is 0.00000200. The third-order valence-electron chi connectivity index (χ3n) is 3.58. The van der Waals surface area contributed by atoms with Gasteiger partial charge in [0.15, 0.2) is 0 Å². The lowest BCUT2D eigenvalue weighted by Gasteiger charge is -2.38. The molecule has 1 aromatic rings. The largest absolute Gasteiger partial charge is 0.334 e. The van der Waals surface area contributed by atoms with Crippen LogP contribution in [-0.4, -0.2) is 29.4 Å². The molecule has 0 radical (unpaired) electrons. The van der Waals surface area contributed by atoms with E-state index in [0.717, 1.165) is 25.8 Å². The topological polar surface area (TPSA) is 46.3 Å². The monoisotopic (exact) mass is 412 g/mol. The highest BCUT2D eigenvalue weighted by Gasteiger charge is 2.30. The molecule has 6 heteroatoms. The molecule has 1 heterocycles. The summed E-state index contributed by atoms with van der Waals surface area (Å²) >= 11 is 2.00. The van der Waals surface area contributed by atoms with E-state index in [2.05, 4.69) is 0 Å². The van der Waals surface area contributed by atoms with E-state index >= 15 is 0 Å². The van der Waals surface area contributed by atoms with Gasteiger partial charge in [-0.15, -0.1) is 12.4 Å². The molecule has 2 rings (SSSR count). The molecule has 2 N–H and O–H groups in total. The molecule has 0 aliphatic carbocycles. The second kappa shape index (κ2) is 7.56. The maximum atomic E-state index is 13.1. The summed E-state index contributed by atoms with van der Waals surface area (Å²) < 4.78 is 13.8. The third kappa shape index (κ3) is 3.83. The predicted octanol–water partition coefficient (Wildman–Crippen LogP) is 3.19. The smallest absolute Gasteiger partial charge is 0.255 e. The van der Waals surface area contributed by atoms with Crippen LogP contribution in [0.15, 0.2) is 18.2 Å². The number of carbonyl (C=O) groups is 1. The molecule has 2 atom stereocenters. The molecule has 2 unspecified atom stereocenters. The summed E-state index contributed by atoms with van der Waals surface area (Å²) in [5.74, 6) is -0.352. The number of halogens is 3. The molecule has 1 saturated heterocycles. The van der Waals surface area contributed by atoms with Gasteiger partial charge < -0.3 is 10.6 Å². The lowest BCUT2D eigenvalue weighted by molar-refractivity contribution is 0.0582. The molecular formula is C14H19ClFIN2O. The first-order valence-electron chi connectivity index (χ1n) is 6.52. The van der Waals surface area contributed by atoms with E-state index in [-0.39, 0.29) is 36.2 Å². The molecule has 0 saturated carbocycles. The van der Waals surface area contributed by atoms with Gasteiger partial charge in [0.05, 0.1) is 5.56 Å². The number of hydrogen-bond acceptors (Lipinski definition) is 2. The van der Waals surface area contributed by atoms with Gasteiger partial charge >= 0.3 is 0 Å². The van der Waals surface area contributed by atoms with Gasteiger partial charge in [0.25, 0.3) is 5.91 Å². The van der Waals surface area contributed by atoms with Gasteiger partial charge in [-0.05, 0) is 67.0 Å². The normalized spacial score (nSPS) is 20.2. The van der Waals surface area contributed by atoms with Crippen LogP contribution in [0.4, 0.5) is 4.39 Å². The summed E-state index contributed by atoms with van der Waals surface area (Å²) in [5.41, 5.74) is 6.54. The van der Waals surface area contributed by atoms with Gasteiger partial charge in [-0.2, -0.15) is 0 Å². The zero-order valence-corrected chi connectivity index (χ0v) is 14.3. The minimum Gasteiger partial charge on any atom is -0.334 e. The number of hydrogen-bond donors (Lipinski definition) is 1. The highest BCUT2D eigenvalue weighted by Crippen LogP contribution is 2.23. The summed E-state index contributed by atoms with van der Waals surface area (Å²) in [7, 11) is 0. The molecule has 3 nitrogen and oxygen atoms in total. The first-order valence-corrected chi connectivity index (χ1v) is 7.60. The lowest BCUT2D eigenvalue weighted by atomic mass is 9.96. The van der Waals surface area contributed by atoms with Crippen molar-refractivity contribution in [2.45, 2.75) is 38.3 Å².